The van der Waals surface area contributed by atoms with Crippen molar-refractivity contribution in [3.63, 3.8) is 0 Å². The van der Waals surface area contributed by atoms with Crippen LogP contribution in [0.1, 0.15) is 37.5 Å². The predicted molar refractivity (Wildman–Crippen MR) is 148 cm³/mol. The molecule has 0 saturated carbocycles. The number of ether oxygens (including phenoxy) is 1. The van der Waals surface area contributed by atoms with Gasteiger partial charge in [-0.05, 0) is 54.3 Å². The fraction of sp³-hybridized carbons (Fsp3) is 0.138. The minimum atomic E-state index is -0.852. The molecule has 1 aliphatic rings. The minimum Gasteiger partial charge on any atom is -0.497 e. The van der Waals surface area contributed by atoms with Crippen molar-refractivity contribution < 1.29 is 29.0 Å². The lowest BCUT2D eigenvalue weighted by atomic mass is 9.94. The number of imide groups is 1. The van der Waals surface area contributed by atoms with Crippen LogP contribution in [0.2, 0.25) is 0 Å². The monoisotopic (exact) mass is 554 g/mol. The van der Waals surface area contributed by atoms with Gasteiger partial charge in [0.05, 0.1) is 23.0 Å². The summed E-state index contributed by atoms with van der Waals surface area (Å²) in [5.41, 5.74) is -0.405. The number of hydrogen-bond donors (Lipinski definition) is 0. The van der Waals surface area contributed by atoms with Crippen molar-refractivity contribution >= 4 is 45.6 Å². The van der Waals surface area contributed by atoms with Gasteiger partial charge < -0.3 is 9.64 Å². The fourth-order valence-corrected chi connectivity index (χ4v) is 4.89. The van der Waals surface area contributed by atoms with E-state index in [2.05, 4.69) is 0 Å². The number of rotatable bonds is 9. The number of hydrogen-bond acceptors (Lipinski definition) is 8. The van der Waals surface area contributed by atoms with Crippen LogP contribution in [0.15, 0.2) is 78.9 Å². The molecule has 0 aliphatic carbocycles. The molecule has 12 nitrogen and oxygen atoms in total. The van der Waals surface area contributed by atoms with E-state index >= 15 is 0 Å². The lowest BCUT2D eigenvalue weighted by molar-refractivity contribution is -0.394. The topological polar surface area (TPSA) is 153 Å². The van der Waals surface area contributed by atoms with E-state index in [1.54, 1.807) is 48.5 Å². The minimum absolute atomic E-state index is 0.0231. The molecule has 5 rings (SSSR count). The molecule has 0 bridgehead atoms. The van der Waals surface area contributed by atoms with Crippen LogP contribution in [0.3, 0.4) is 0 Å². The predicted octanol–water partition coefficient (Wildman–Crippen LogP) is 5.00. The molecule has 12 heteroatoms. The van der Waals surface area contributed by atoms with E-state index in [1.165, 1.54) is 12.0 Å². The van der Waals surface area contributed by atoms with E-state index in [4.69, 9.17) is 4.74 Å². The third-order valence-electron chi connectivity index (χ3n) is 6.87. The van der Waals surface area contributed by atoms with Gasteiger partial charge in [0.15, 0.2) is 0 Å². The number of nitro groups is 2. The van der Waals surface area contributed by atoms with Gasteiger partial charge in [0, 0.05) is 41.4 Å². The second kappa shape index (κ2) is 10.8. The number of amides is 3. The van der Waals surface area contributed by atoms with Crippen LogP contribution in [0.25, 0.3) is 10.8 Å². The van der Waals surface area contributed by atoms with Crippen molar-refractivity contribution in [1.82, 2.24) is 4.90 Å². The second-order valence-electron chi connectivity index (χ2n) is 9.20. The van der Waals surface area contributed by atoms with E-state index in [0.717, 1.165) is 28.5 Å². The van der Waals surface area contributed by atoms with Gasteiger partial charge in [-0.25, -0.2) is 0 Å². The van der Waals surface area contributed by atoms with Gasteiger partial charge in [-0.3, -0.25) is 39.5 Å². The number of benzene rings is 4. The Morgan fingerprint density at radius 1 is 0.878 bits per heavy atom. The van der Waals surface area contributed by atoms with Crippen LogP contribution < -0.4 is 9.64 Å². The van der Waals surface area contributed by atoms with Gasteiger partial charge in [-0.1, -0.05) is 24.3 Å². The maximum Gasteiger partial charge on any atom is 0.289 e. The van der Waals surface area contributed by atoms with E-state index in [-0.39, 0.29) is 25.1 Å². The van der Waals surface area contributed by atoms with Gasteiger partial charge in [0.2, 0.25) is 0 Å². The van der Waals surface area contributed by atoms with Crippen LogP contribution in [0.5, 0.6) is 5.75 Å². The van der Waals surface area contributed by atoms with E-state index in [9.17, 15) is 34.6 Å². The molecule has 3 amide bonds. The molecule has 1 aliphatic heterocycles. The van der Waals surface area contributed by atoms with Crippen molar-refractivity contribution in [2.24, 2.45) is 0 Å². The van der Waals surface area contributed by atoms with E-state index < -0.39 is 38.9 Å². The molecule has 0 radical (unpaired) electrons. The van der Waals surface area contributed by atoms with Gasteiger partial charge in [0.25, 0.3) is 29.1 Å². The smallest absolute Gasteiger partial charge is 0.289 e. The Kier molecular flexibility index (Phi) is 7.13. The van der Waals surface area contributed by atoms with Gasteiger partial charge in [0.1, 0.15) is 11.3 Å². The summed E-state index contributed by atoms with van der Waals surface area (Å²) < 4.78 is 5.18. The zero-order valence-corrected chi connectivity index (χ0v) is 21.7. The first-order chi connectivity index (χ1) is 19.7. The molecule has 4 aromatic carbocycles. The highest BCUT2D eigenvalue weighted by Crippen LogP contribution is 2.31. The standard InChI is InChI=1S/C29H22N4O8/c1-41-21-12-9-19(10-13-21)30(27(34)22-14-11-20(32(37)38)17-25(22)33(39)40)15-4-16-31-28(35)23-7-2-5-18-6-3-8-24(26(18)23)29(31)36/h2-3,5-14,17H,4,15-16H2,1H3. The summed E-state index contributed by atoms with van der Waals surface area (Å²) in [5, 5.41) is 24.3. The number of nitro benzene ring substituents is 2. The quantitative estimate of drug-likeness (QED) is 0.159. The summed E-state index contributed by atoms with van der Waals surface area (Å²) in [4.78, 5) is 63.9. The van der Waals surface area contributed by atoms with E-state index in [0.29, 0.717) is 28.0 Å². The third-order valence-corrected chi connectivity index (χ3v) is 6.87. The first-order valence-electron chi connectivity index (χ1n) is 12.5. The summed E-state index contributed by atoms with van der Waals surface area (Å²) in [6.45, 7) is -0.0487. The number of anilines is 1. The van der Waals surface area contributed by atoms with Crippen LogP contribution in [0.4, 0.5) is 17.1 Å². The molecule has 0 fully saturated rings. The second-order valence-corrected chi connectivity index (χ2v) is 9.20. The third kappa shape index (κ3) is 4.93. The molecule has 0 aromatic heterocycles. The highest BCUT2D eigenvalue weighted by molar-refractivity contribution is 6.25. The molecule has 0 N–H and O–H groups in total. The summed E-state index contributed by atoms with van der Waals surface area (Å²) in [6, 6.07) is 19.7. The lowest BCUT2D eigenvalue weighted by Gasteiger charge is -2.28. The number of non-ortho nitro benzene ring substituents is 1. The van der Waals surface area contributed by atoms with Gasteiger partial charge >= 0.3 is 0 Å². The SMILES string of the molecule is COc1ccc(N(CCCN2C(=O)c3cccc4cccc(c34)C2=O)C(=O)c2ccc([N+](=O)[O-])cc2[N+](=O)[O-])cc1. The summed E-state index contributed by atoms with van der Waals surface area (Å²) in [5.74, 6) is -1.16. The zero-order valence-electron chi connectivity index (χ0n) is 21.7. The Balaban J connectivity index is 1.44. The Hall–Kier alpha value is -5.65. The van der Waals surface area contributed by atoms with Crippen LogP contribution in [0, 0.1) is 20.2 Å². The van der Waals surface area contributed by atoms with Crippen molar-refractivity contribution in [3.05, 3.63) is 116 Å². The number of carbonyl (C=O) groups is 3. The summed E-state index contributed by atoms with van der Waals surface area (Å²) in [7, 11) is 1.48. The molecule has 0 saturated heterocycles. The van der Waals surface area contributed by atoms with Crippen molar-refractivity contribution in [3.8, 4) is 5.75 Å². The van der Waals surface area contributed by atoms with Crippen LogP contribution in [-0.4, -0.2) is 52.7 Å². The maximum atomic E-state index is 13.7. The van der Waals surface area contributed by atoms with E-state index in [1.807, 2.05) is 12.1 Å². The first-order valence-corrected chi connectivity index (χ1v) is 12.5. The molecule has 0 unspecified atom stereocenters. The summed E-state index contributed by atoms with van der Waals surface area (Å²) >= 11 is 0. The van der Waals surface area contributed by atoms with Gasteiger partial charge in [-0.15, -0.1) is 0 Å². The van der Waals surface area contributed by atoms with Crippen molar-refractivity contribution in [2.45, 2.75) is 6.42 Å². The fourth-order valence-electron chi connectivity index (χ4n) is 4.89. The highest BCUT2D eigenvalue weighted by atomic mass is 16.6. The molecule has 41 heavy (non-hydrogen) atoms. The number of methoxy groups -OCH3 is 1. The largest absolute Gasteiger partial charge is 0.497 e. The molecular weight excluding hydrogens is 532 g/mol. The molecule has 1 heterocycles. The van der Waals surface area contributed by atoms with Crippen LogP contribution >= 0.6 is 0 Å². The number of nitrogens with zero attached hydrogens (tertiary/aromatic N) is 4. The van der Waals surface area contributed by atoms with Gasteiger partial charge in [-0.2, -0.15) is 0 Å². The Morgan fingerprint density at radius 2 is 1.51 bits per heavy atom. The lowest BCUT2D eigenvalue weighted by Crippen LogP contribution is -2.42. The molecule has 206 valence electrons. The Labute approximate surface area is 232 Å². The number of carbonyl (C=O) groups excluding carboxylic acids is 3. The Bertz CT molecular complexity index is 1680. The normalized spacial score (nSPS) is 12.4. The summed E-state index contributed by atoms with van der Waals surface area (Å²) in [6.07, 6.45) is 0.147. The molecular formula is C29H22N4O8. The van der Waals surface area contributed by atoms with Crippen molar-refractivity contribution in [2.75, 3.05) is 25.1 Å². The molecule has 0 atom stereocenters. The van der Waals surface area contributed by atoms with Crippen LogP contribution in [-0.2, 0) is 0 Å². The molecule has 0 spiro atoms. The zero-order chi connectivity index (χ0) is 29.3. The van der Waals surface area contributed by atoms with Crippen molar-refractivity contribution in [1.29, 1.82) is 0 Å². The maximum absolute atomic E-state index is 13.7. The highest BCUT2D eigenvalue weighted by Gasteiger charge is 2.33. The average molecular weight is 555 g/mol. The first kappa shape index (κ1) is 26.9. The molecule has 4 aromatic rings. The Morgan fingerprint density at radius 3 is 2.07 bits per heavy atom. The average Bonchev–Trinajstić information content (AvgIpc) is 2.98.